The number of nitrogens with zero attached hydrogens (tertiary/aromatic N) is 4. The van der Waals surface area contributed by atoms with E-state index in [2.05, 4.69) is 15.1 Å². The van der Waals surface area contributed by atoms with Crippen molar-refractivity contribution in [3.05, 3.63) is 46.2 Å². The molecule has 0 unspecified atom stereocenters. The van der Waals surface area contributed by atoms with Crippen molar-refractivity contribution in [3.8, 4) is 0 Å². The first-order valence-corrected chi connectivity index (χ1v) is 7.14. The summed E-state index contributed by atoms with van der Waals surface area (Å²) in [6.07, 6.45) is 0. The van der Waals surface area contributed by atoms with E-state index in [-0.39, 0.29) is 21.8 Å². The molecule has 21 heavy (non-hydrogen) atoms. The second-order valence-electron chi connectivity index (χ2n) is 4.74. The van der Waals surface area contributed by atoms with Crippen molar-refractivity contribution in [2.75, 3.05) is 29.9 Å². The number of anilines is 2. The highest BCUT2D eigenvalue weighted by Crippen LogP contribution is 2.33. The predicted octanol–water partition coefficient (Wildman–Crippen LogP) is 2.88. The van der Waals surface area contributed by atoms with Crippen LogP contribution < -0.4 is 9.80 Å². The smallest absolute Gasteiger partial charge is 0.261 e. The summed E-state index contributed by atoms with van der Waals surface area (Å²) in [5, 5.41) is 7.52. The van der Waals surface area contributed by atoms with Gasteiger partial charge in [-0.15, -0.1) is 10.2 Å². The molecule has 0 spiro atoms. The maximum Gasteiger partial charge on any atom is 0.261 e. The fourth-order valence-electron chi connectivity index (χ4n) is 2.37. The second kappa shape index (κ2) is 5.50. The van der Waals surface area contributed by atoms with Crippen LogP contribution in [0.4, 0.5) is 11.4 Å². The molecule has 0 saturated carbocycles. The van der Waals surface area contributed by atoms with Gasteiger partial charge in [-0.2, -0.15) is 0 Å². The first-order valence-electron chi connectivity index (χ1n) is 6.38. The Morgan fingerprint density at radius 2 is 1.86 bits per heavy atom. The van der Waals surface area contributed by atoms with Crippen LogP contribution in [0.2, 0.25) is 10.3 Å². The van der Waals surface area contributed by atoms with Crippen molar-refractivity contribution in [2.45, 2.75) is 0 Å². The van der Waals surface area contributed by atoms with Crippen LogP contribution in [0.25, 0.3) is 0 Å². The van der Waals surface area contributed by atoms with Gasteiger partial charge in [0.05, 0.1) is 16.9 Å². The highest BCUT2D eigenvalue weighted by atomic mass is 35.5. The Labute approximate surface area is 132 Å². The van der Waals surface area contributed by atoms with Gasteiger partial charge in [0, 0.05) is 20.1 Å². The number of fused-ring (bicyclic) bond motifs is 1. The third kappa shape index (κ3) is 2.54. The van der Waals surface area contributed by atoms with E-state index in [0.29, 0.717) is 6.54 Å². The number of carbonyl (C=O) groups is 1. The van der Waals surface area contributed by atoms with Crippen molar-refractivity contribution >= 4 is 40.5 Å². The number of likely N-dealkylation sites (N-methyl/N-ethyl adjacent to an activating group) is 1. The second-order valence-corrected chi connectivity index (χ2v) is 5.48. The van der Waals surface area contributed by atoms with Crippen LogP contribution in [-0.4, -0.2) is 36.2 Å². The molecule has 1 aliphatic rings. The van der Waals surface area contributed by atoms with Crippen molar-refractivity contribution in [2.24, 2.45) is 0 Å². The first-order chi connectivity index (χ1) is 10.1. The number of halogens is 2. The molecule has 0 saturated heterocycles. The lowest BCUT2D eigenvalue weighted by atomic mass is 10.1. The average Bonchev–Trinajstić information content (AvgIpc) is 2.50. The van der Waals surface area contributed by atoms with E-state index >= 15 is 0 Å². The summed E-state index contributed by atoms with van der Waals surface area (Å²) < 4.78 is 0. The Morgan fingerprint density at radius 3 is 2.62 bits per heavy atom. The molecule has 108 valence electrons. The van der Waals surface area contributed by atoms with Gasteiger partial charge in [0.2, 0.25) is 0 Å². The largest absolute Gasteiger partial charge is 0.371 e. The minimum atomic E-state index is -0.225. The van der Waals surface area contributed by atoms with Gasteiger partial charge in [-0.3, -0.25) is 4.79 Å². The number of hydrogen-bond donors (Lipinski definition) is 0. The number of benzene rings is 1. The zero-order valence-electron chi connectivity index (χ0n) is 11.3. The highest BCUT2D eigenvalue weighted by Gasteiger charge is 2.27. The van der Waals surface area contributed by atoms with Gasteiger partial charge in [-0.1, -0.05) is 35.3 Å². The van der Waals surface area contributed by atoms with Crippen LogP contribution in [0.15, 0.2) is 30.3 Å². The number of hydrogen-bond acceptors (Lipinski definition) is 4. The molecule has 7 heteroatoms. The lowest BCUT2D eigenvalue weighted by molar-refractivity contribution is 0.0986. The Hall–Kier alpha value is -1.85. The predicted molar refractivity (Wildman–Crippen MR) is 83.4 cm³/mol. The first kappa shape index (κ1) is 14.1. The summed E-state index contributed by atoms with van der Waals surface area (Å²) in [4.78, 5) is 16.5. The SMILES string of the molecule is CN1CCN(C(=O)c2cc(Cl)nnc2Cl)c2ccccc21. The summed E-state index contributed by atoms with van der Waals surface area (Å²) >= 11 is 11.8. The standard InChI is InChI=1S/C14H12Cl2N4O/c1-19-6-7-20(11-5-3-2-4-10(11)19)14(21)9-8-12(15)17-18-13(9)16/h2-5,8H,6-7H2,1H3. The number of aromatic nitrogens is 2. The van der Waals surface area contributed by atoms with Gasteiger partial charge in [0.25, 0.3) is 5.91 Å². The minimum absolute atomic E-state index is 0.0563. The van der Waals surface area contributed by atoms with Crippen LogP contribution in [0.3, 0.4) is 0 Å². The Balaban J connectivity index is 2.03. The van der Waals surface area contributed by atoms with E-state index in [9.17, 15) is 4.79 Å². The normalized spacial score (nSPS) is 14.0. The molecular weight excluding hydrogens is 311 g/mol. The average molecular weight is 323 g/mol. The van der Waals surface area contributed by atoms with Crippen LogP contribution in [0.5, 0.6) is 0 Å². The zero-order valence-corrected chi connectivity index (χ0v) is 12.8. The summed E-state index contributed by atoms with van der Waals surface area (Å²) in [6.45, 7) is 1.31. The molecule has 0 aliphatic carbocycles. The summed E-state index contributed by atoms with van der Waals surface area (Å²) in [5.74, 6) is -0.225. The number of carbonyl (C=O) groups excluding carboxylic acids is 1. The fraction of sp³-hybridized carbons (Fsp3) is 0.214. The van der Waals surface area contributed by atoms with E-state index in [0.717, 1.165) is 17.9 Å². The number of para-hydroxylation sites is 2. The van der Waals surface area contributed by atoms with Crippen LogP contribution >= 0.6 is 23.2 Å². The van der Waals surface area contributed by atoms with Crippen molar-refractivity contribution < 1.29 is 4.79 Å². The summed E-state index contributed by atoms with van der Waals surface area (Å²) in [6, 6.07) is 9.18. The fourth-order valence-corrected chi connectivity index (χ4v) is 2.69. The Morgan fingerprint density at radius 1 is 1.14 bits per heavy atom. The van der Waals surface area contributed by atoms with Gasteiger partial charge in [-0.05, 0) is 18.2 Å². The Kier molecular flexibility index (Phi) is 3.69. The van der Waals surface area contributed by atoms with Gasteiger partial charge < -0.3 is 9.80 Å². The van der Waals surface area contributed by atoms with E-state index in [1.165, 1.54) is 6.07 Å². The molecule has 2 aromatic rings. The third-order valence-corrected chi connectivity index (χ3v) is 3.90. The topological polar surface area (TPSA) is 49.3 Å². The van der Waals surface area contributed by atoms with E-state index in [1.807, 2.05) is 31.3 Å². The number of amides is 1. The molecule has 0 fully saturated rings. The van der Waals surface area contributed by atoms with Crippen molar-refractivity contribution in [3.63, 3.8) is 0 Å². The third-order valence-electron chi connectivity index (χ3n) is 3.44. The van der Waals surface area contributed by atoms with Crippen LogP contribution in [0, 0.1) is 0 Å². The molecule has 1 aromatic heterocycles. The van der Waals surface area contributed by atoms with Gasteiger partial charge in [0.15, 0.2) is 10.3 Å². The summed E-state index contributed by atoms with van der Waals surface area (Å²) in [7, 11) is 2.00. The minimum Gasteiger partial charge on any atom is -0.371 e. The lowest BCUT2D eigenvalue weighted by Crippen LogP contribution is -2.42. The molecule has 1 aromatic carbocycles. The molecule has 2 heterocycles. The summed E-state index contributed by atoms with van der Waals surface area (Å²) in [5.41, 5.74) is 2.11. The maximum absolute atomic E-state index is 12.7. The zero-order chi connectivity index (χ0) is 15.0. The molecule has 0 atom stereocenters. The Bertz CT molecular complexity index is 707. The van der Waals surface area contributed by atoms with E-state index < -0.39 is 0 Å². The maximum atomic E-state index is 12.7. The molecule has 1 aliphatic heterocycles. The van der Waals surface area contributed by atoms with E-state index in [4.69, 9.17) is 23.2 Å². The molecule has 0 N–H and O–H groups in total. The van der Waals surface area contributed by atoms with Crippen LogP contribution in [0.1, 0.15) is 10.4 Å². The molecule has 5 nitrogen and oxygen atoms in total. The molecule has 1 amide bonds. The molecule has 3 rings (SSSR count). The van der Waals surface area contributed by atoms with E-state index in [1.54, 1.807) is 4.90 Å². The monoisotopic (exact) mass is 322 g/mol. The van der Waals surface area contributed by atoms with Gasteiger partial charge in [-0.25, -0.2) is 0 Å². The van der Waals surface area contributed by atoms with Gasteiger partial charge >= 0.3 is 0 Å². The van der Waals surface area contributed by atoms with Crippen molar-refractivity contribution in [1.29, 1.82) is 0 Å². The number of rotatable bonds is 1. The van der Waals surface area contributed by atoms with Crippen LogP contribution in [-0.2, 0) is 0 Å². The van der Waals surface area contributed by atoms with Crippen molar-refractivity contribution in [1.82, 2.24) is 10.2 Å². The lowest BCUT2D eigenvalue weighted by Gasteiger charge is -2.35. The molecular formula is C14H12Cl2N4O. The van der Waals surface area contributed by atoms with Gasteiger partial charge in [0.1, 0.15) is 0 Å². The molecule has 0 radical (unpaired) electrons. The highest BCUT2D eigenvalue weighted by molar-refractivity contribution is 6.34. The molecule has 0 bridgehead atoms. The quantitative estimate of drug-likeness (QED) is 0.810.